The molecule has 0 bridgehead atoms. The first-order valence-corrected chi connectivity index (χ1v) is 6.54. The van der Waals surface area contributed by atoms with E-state index in [4.69, 9.17) is 21.8 Å². The van der Waals surface area contributed by atoms with Crippen molar-refractivity contribution in [2.24, 2.45) is 0 Å². The van der Waals surface area contributed by atoms with Crippen LogP contribution < -0.4 is 10.6 Å². The number of amides is 2. The molecule has 21 heavy (non-hydrogen) atoms. The first-order chi connectivity index (χ1) is 9.88. The molecule has 0 aromatic heterocycles. The zero-order valence-electron chi connectivity index (χ0n) is 11.0. The van der Waals surface area contributed by atoms with Gasteiger partial charge in [-0.25, -0.2) is 9.59 Å². The highest BCUT2D eigenvalue weighted by Gasteiger charge is 2.20. The summed E-state index contributed by atoms with van der Waals surface area (Å²) in [4.78, 5) is 33.1. The van der Waals surface area contributed by atoms with Crippen molar-refractivity contribution in [2.75, 3.05) is 5.32 Å². The molecule has 1 aromatic rings. The number of nitrogens with one attached hydrogen (secondary N) is 2. The van der Waals surface area contributed by atoms with E-state index in [0.29, 0.717) is 10.7 Å². The van der Waals surface area contributed by atoms with Crippen molar-refractivity contribution in [1.29, 1.82) is 0 Å². The Morgan fingerprint density at radius 2 is 1.95 bits per heavy atom. The highest BCUT2D eigenvalue weighted by atomic mass is 35.5. The predicted molar refractivity (Wildman–Crippen MR) is 76.5 cm³/mol. The third-order valence-electron chi connectivity index (χ3n) is 2.57. The van der Waals surface area contributed by atoms with E-state index in [0.717, 1.165) is 0 Å². The number of anilines is 1. The number of carboxylic acids is 2. The summed E-state index contributed by atoms with van der Waals surface area (Å²) in [6.07, 6.45) is 0.0374. The minimum absolute atomic E-state index is 0.0323. The van der Waals surface area contributed by atoms with E-state index in [1.165, 1.54) is 6.07 Å². The lowest BCUT2D eigenvalue weighted by Gasteiger charge is -2.14. The van der Waals surface area contributed by atoms with E-state index in [1.807, 2.05) is 0 Å². The number of rotatable bonds is 7. The molecule has 2 amide bonds. The SMILES string of the molecule is O=C(O)CCC[C@@H](NC(=O)Nc1cccc(Cl)c1)C(=O)O. The van der Waals surface area contributed by atoms with E-state index >= 15 is 0 Å². The first-order valence-electron chi connectivity index (χ1n) is 6.16. The molecule has 1 aromatic carbocycles. The predicted octanol–water partition coefficient (Wildman–Crippen LogP) is 2.17. The maximum absolute atomic E-state index is 11.7. The van der Waals surface area contributed by atoms with Crippen molar-refractivity contribution in [2.45, 2.75) is 25.3 Å². The molecule has 114 valence electrons. The van der Waals surface area contributed by atoms with Crippen LogP contribution in [0.15, 0.2) is 24.3 Å². The molecule has 7 nitrogen and oxygen atoms in total. The largest absolute Gasteiger partial charge is 0.481 e. The van der Waals surface area contributed by atoms with Gasteiger partial charge in [0.15, 0.2) is 0 Å². The summed E-state index contributed by atoms with van der Waals surface area (Å²) in [5, 5.41) is 22.7. The molecule has 8 heteroatoms. The molecule has 1 atom stereocenters. The van der Waals surface area contributed by atoms with Crippen molar-refractivity contribution in [3.05, 3.63) is 29.3 Å². The molecule has 0 fully saturated rings. The average Bonchev–Trinajstić information content (AvgIpc) is 2.36. The lowest BCUT2D eigenvalue weighted by molar-refractivity contribution is -0.140. The van der Waals surface area contributed by atoms with Crippen LogP contribution in [0.4, 0.5) is 10.5 Å². The van der Waals surface area contributed by atoms with Crippen molar-refractivity contribution in [1.82, 2.24) is 5.32 Å². The molecule has 0 spiro atoms. The van der Waals surface area contributed by atoms with Crippen LogP contribution in [-0.2, 0) is 9.59 Å². The topological polar surface area (TPSA) is 116 Å². The number of carbonyl (C=O) groups is 3. The van der Waals surface area contributed by atoms with E-state index < -0.39 is 24.0 Å². The van der Waals surface area contributed by atoms with Crippen molar-refractivity contribution in [3.63, 3.8) is 0 Å². The maximum atomic E-state index is 11.7. The van der Waals surface area contributed by atoms with Crippen LogP contribution in [-0.4, -0.2) is 34.2 Å². The fourth-order valence-electron chi connectivity index (χ4n) is 1.61. The normalized spacial score (nSPS) is 11.5. The fraction of sp³-hybridized carbons (Fsp3) is 0.308. The van der Waals surface area contributed by atoms with Gasteiger partial charge < -0.3 is 20.8 Å². The van der Waals surface area contributed by atoms with Gasteiger partial charge in [0.05, 0.1) is 0 Å². The van der Waals surface area contributed by atoms with Gasteiger partial charge in [0, 0.05) is 17.1 Å². The first kappa shape index (κ1) is 16.8. The standard InChI is InChI=1S/C13H15ClN2O5/c14-8-3-1-4-9(7-8)15-13(21)16-10(12(19)20)5-2-6-11(17)18/h1,3-4,7,10H,2,5-6H2,(H,17,18)(H,19,20)(H2,15,16,21)/t10-/m1/s1. The second-order valence-corrected chi connectivity index (χ2v) is 4.72. The molecule has 0 saturated carbocycles. The fourth-order valence-corrected chi connectivity index (χ4v) is 1.80. The number of carbonyl (C=O) groups excluding carboxylic acids is 1. The van der Waals surface area contributed by atoms with Crippen LogP contribution in [0.2, 0.25) is 5.02 Å². The Kier molecular flexibility index (Phi) is 6.48. The molecule has 0 saturated heterocycles. The van der Waals surface area contributed by atoms with Crippen LogP contribution in [0.1, 0.15) is 19.3 Å². The van der Waals surface area contributed by atoms with Crippen LogP contribution in [0.3, 0.4) is 0 Å². The van der Waals surface area contributed by atoms with Gasteiger partial charge in [0.1, 0.15) is 6.04 Å². The number of urea groups is 1. The molecule has 0 aliphatic heterocycles. The van der Waals surface area contributed by atoms with Gasteiger partial charge in [-0.15, -0.1) is 0 Å². The van der Waals surface area contributed by atoms with Crippen molar-refractivity contribution in [3.8, 4) is 0 Å². The van der Waals surface area contributed by atoms with Crippen LogP contribution in [0.5, 0.6) is 0 Å². The second kappa shape index (κ2) is 8.11. The van der Waals surface area contributed by atoms with Gasteiger partial charge in [0.25, 0.3) is 0 Å². The molecule has 0 radical (unpaired) electrons. The smallest absolute Gasteiger partial charge is 0.326 e. The summed E-state index contributed by atoms with van der Waals surface area (Å²) in [5.41, 5.74) is 0.426. The highest BCUT2D eigenvalue weighted by Crippen LogP contribution is 2.14. The van der Waals surface area contributed by atoms with E-state index in [-0.39, 0.29) is 19.3 Å². The van der Waals surface area contributed by atoms with E-state index in [9.17, 15) is 14.4 Å². The van der Waals surface area contributed by atoms with Crippen LogP contribution >= 0.6 is 11.6 Å². The molecule has 4 N–H and O–H groups in total. The van der Waals surface area contributed by atoms with Gasteiger partial charge >= 0.3 is 18.0 Å². The Hall–Kier alpha value is -2.28. The summed E-state index contributed by atoms with van der Waals surface area (Å²) >= 11 is 5.76. The average molecular weight is 315 g/mol. The summed E-state index contributed by atoms with van der Waals surface area (Å²) < 4.78 is 0. The number of halogens is 1. The Labute approximate surface area is 125 Å². The molecule has 0 aliphatic rings. The molecule has 0 unspecified atom stereocenters. The van der Waals surface area contributed by atoms with Gasteiger partial charge in [-0.3, -0.25) is 4.79 Å². The summed E-state index contributed by atoms with van der Waals surface area (Å²) in [7, 11) is 0. The number of hydrogen-bond acceptors (Lipinski definition) is 3. The van der Waals surface area contributed by atoms with Gasteiger partial charge in [-0.1, -0.05) is 17.7 Å². The van der Waals surface area contributed by atoms with Gasteiger partial charge in [-0.2, -0.15) is 0 Å². The third kappa shape index (κ3) is 6.62. The molecule has 0 heterocycles. The molecule has 1 rings (SSSR count). The summed E-state index contributed by atoms with van der Waals surface area (Å²) in [6.45, 7) is 0. The molecule has 0 aliphatic carbocycles. The van der Waals surface area contributed by atoms with Crippen LogP contribution in [0.25, 0.3) is 0 Å². The second-order valence-electron chi connectivity index (χ2n) is 4.29. The Balaban J connectivity index is 2.52. The minimum Gasteiger partial charge on any atom is -0.481 e. The van der Waals surface area contributed by atoms with Gasteiger partial charge in [-0.05, 0) is 31.0 Å². The number of aliphatic carboxylic acids is 2. The third-order valence-corrected chi connectivity index (χ3v) is 2.80. The number of benzene rings is 1. The van der Waals surface area contributed by atoms with Gasteiger partial charge in [0.2, 0.25) is 0 Å². The molecular formula is C13H15ClN2O5. The zero-order chi connectivity index (χ0) is 15.8. The van der Waals surface area contributed by atoms with Crippen LogP contribution in [0, 0.1) is 0 Å². The van der Waals surface area contributed by atoms with E-state index in [1.54, 1.807) is 18.2 Å². The van der Waals surface area contributed by atoms with E-state index in [2.05, 4.69) is 10.6 Å². The monoisotopic (exact) mass is 314 g/mol. The Morgan fingerprint density at radius 1 is 1.24 bits per heavy atom. The minimum atomic E-state index is -1.22. The maximum Gasteiger partial charge on any atom is 0.326 e. The van der Waals surface area contributed by atoms with Crippen molar-refractivity contribution >= 4 is 35.3 Å². The lowest BCUT2D eigenvalue weighted by Crippen LogP contribution is -2.43. The quantitative estimate of drug-likeness (QED) is 0.615. The molecular weight excluding hydrogens is 300 g/mol. The zero-order valence-corrected chi connectivity index (χ0v) is 11.8. The lowest BCUT2D eigenvalue weighted by atomic mass is 10.1. The summed E-state index contributed by atoms with van der Waals surface area (Å²) in [6, 6.07) is 4.55. The Bertz CT molecular complexity index is 535. The highest BCUT2D eigenvalue weighted by molar-refractivity contribution is 6.30. The summed E-state index contributed by atoms with van der Waals surface area (Å²) in [5.74, 6) is -2.23. The number of hydrogen-bond donors (Lipinski definition) is 4. The Morgan fingerprint density at radius 3 is 2.52 bits per heavy atom. The number of carboxylic acid groups (broad SMARTS) is 2. The van der Waals surface area contributed by atoms with Crippen molar-refractivity contribution < 1.29 is 24.6 Å².